The third-order valence-corrected chi connectivity index (χ3v) is 4.93. The van der Waals surface area contributed by atoms with Crippen LogP contribution in [0.5, 0.6) is 0 Å². The number of nitriles is 1. The molecule has 7 nitrogen and oxygen atoms in total. The summed E-state index contributed by atoms with van der Waals surface area (Å²) >= 11 is 5.94. The number of rotatable bonds is 5. The second-order valence-electron chi connectivity index (χ2n) is 6.67. The van der Waals surface area contributed by atoms with E-state index < -0.39 is 17.7 Å². The Balaban J connectivity index is 1.73. The third kappa shape index (κ3) is 3.69. The number of Topliss-reactive ketones (excluding diaryl/α,β-unsaturated/α-hetero) is 1. The average Bonchev–Trinajstić information content (AvgIpc) is 3.32. The van der Waals surface area contributed by atoms with E-state index >= 15 is 0 Å². The lowest BCUT2D eigenvalue weighted by molar-refractivity contribution is -0.135. The van der Waals surface area contributed by atoms with Crippen LogP contribution in [-0.4, -0.2) is 28.8 Å². The van der Waals surface area contributed by atoms with Gasteiger partial charge in [-0.3, -0.25) is 9.59 Å². The van der Waals surface area contributed by atoms with Gasteiger partial charge in [0.25, 0.3) is 11.7 Å². The monoisotopic (exact) mass is 419 g/mol. The van der Waals surface area contributed by atoms with Crippen LogP contribution in [0.25, 0.3) is 10.9 Å². The van der Waals surface area contributed by atoms with E-state index in [1.165, 1.54) is 0 Å². The molecule has 0 aliphatic carbocycles. The molecule has 1 amide bonds. The summed E-state index contributed by atoms with van der Waals surface area (Å²) in [5.74, 6) is -2.29. The van der Waals surface area contributed by atoms with Crippen LogP contribution in [0, 0.1) is 11.3 Å². The minimum atomic E-state index is -0.905. The van der Waals surface area contributed by atoms with Gasteiger partial charge in [-0.05, 0) is 29.8 Å². The van der Waals surface area contributed by atoms with E-state index in [0.29, 0.717) is 22.5 Å². The molecule has 30 heavy (non-hydrogen) atoms. The van der Waals surface area contributed by atoms with Gasteiger partial charge in [-0.1, -0.05) is 29.8 Å². The average molecular weight is 420 g/mol. The first-order chi connectivity index (χ1) is 14.5. The van der Waals surface area contributed by atoms with Gasteiger partial charge in [0.05, 0.1) is 28.4 Å². The number of carbonyl (C=O) groups is 3. The van der Waals surface area contributed by atoms with Crippen molar-refractivity contribution in [3.63, 3.8) is 0 Å². The van der Waals surface area contributed by atoms with Gasteiger partial charge in [-0.2, -0.15) is 5.26 Å². The van der Waals surface area contributed by atoms with E-state index in [-0.39, 0.29) is 23.4 Å². The number of fused-ring (bicyclic) bond motifs is 1. The standard InChI is InChI=1S/C22H14ClN3O4/c23-15-6-4-13(5-7-15)10-26-11-17(20-14(9-24)2-1-3-18(20)26)21(28)22(29)25-16-8-19(27)30-12-16/h1-8,11H,10,12H2,(H,25,29). The number of esters is 1. The molecule has 0 saturated carbocycles. The second kappa shape index (κ2) is 7.85. The van der Waals surface area contributed by atoms with Crippen LogP contribution in [0.15, 0.2) is 60.4 Å². The topological polar surface area (TPSA) is 101 Å². The lowest BCUT2D eigenvalue weighted by atomic mass is 10.0. The van der Waals surface area contributed by atoms with Crippen molar-refractivity contribution >= 4 is 40.2 Å². The fourth-order valence-corrected chi connectivity index (χ4v) is 3.43. The fourth-order valence-electron chi connectivity index (χ4n) is 3.31. The predicted molar refractivity (Wildman–Crippen MR) is 109 cm³/mol. The first-order valence-corrected chi connectivity index (χ1v) is 9.33. The Morgan fingerprint density at radius 1 is 1.20 bits per heavy atom. The van der Waals surface area contributed by atoms with E-state index in [1.807, 2.05) is 12.1 Å². The number of ether oxygens (including phenoxy) is 1. The summed E-state index contributed by atoms with van der Waals surface area (Å²) in [6, 6.07) is 14.4. The molecule has 1 aliphatic heterocycles. The van der Waals surface area contributed by atoms with E-state index in [9.17, 15) is 19.6 Å². The van der Waals surface area contributed by atoms with E-state index in [0.717, 1.165) is 11.6 Å². The maximum absolute atomic E-state index is 12.9. The minimum Gasteiger partial charge on any atom is -0.456 e. The predicted octanol–water partition coefficient (Wildman–Crippen LogP) is 2.95. The molecule has 1 aliphatic rings. The second-order valence-corrected chi connectivity index (χ2v) is 7.11. The third-order valence-electron chi connectivity index (χ3n) is 4.68. The SMILES string of the molecule is N#Cc1cccc2c1c(C(=O)C(=O)NC1=CC(=O)OC1)cn2Cc1ccc(Cl)cc1. The number of halogens is 1. The Bertz CT molecular complexity index is 1270. The molecule has 0 atom stereocenters. The van der Waals surface area contributed by atoms with Gasteiger partial charge in [0.1, 0.15) is 6.61 Å². The van der Waals surface area contributed by atoms with Crippen molar-refractivity contribution < 1.29 is 19.1 Å². The Morgan fingerprint density at radius 3 is 2.63 bits per heavy atom. The van der Waals surface area contributed by atoms with Crippen molar-refractivity contribution in [3.8, 4) is 6.07 Å². The van der Waals surface area contributed by atoms with Gasteiger partial charge in [-0.25, -0.2) is 4.79 Å². The number of cyclic esters (lactones) is 1. The molecule has 8 heteroatoms. The number of carbonyl (C=O) groups excluding carboxylic acids is 3. The summed E-state index contributed by atoms with van der Waals surface area (Å²) in [6.07, 6.45) is 2.68. The Labute approximate surface area is 176 Å². The van der Waals surface area contributed by atoms with Crippen molar-refractivity contribution in [1.29, 1.82) is 5.26 Å². The highest BCUT2D eigenvalue weighted by Crippen LogP contribution is 2.27. The smallest absolute Gasteiger partial charge is 0.333 e. The number of amides is 1. The highest BCUT2D eigenvalue weighted by Gasteiger charge is 2.25. The van der Waals surface area contributed by atoms with Crippen LogP contribution in [0.2, 0.25) is 5.02 Å². The molecule has 0 bridgehead atoms. The quantitative estimate of drug-likeness (QED) is 0.389. The van der Waals surface area contributed by atoms with Crippen LogP contribution in [0.1, 0.15) is 21.5 Å². The van der Waals surface area contributed by atoms with Crippen LogP contribution in [0.3, 0.4) is 0 Å². The molecule has 3 aromatic rings. The number of hydrogen-bond acceptors (Lipinski definition) is 5. The number of benzene rings is 2. The van der Waals surface area contributed by atoms with Crippen molar-refractivity contribution in [1.82, 2.24) is 9.88 Å². The van der Waals surface area contributed by atoms with E-state index in [4.69, 9.17) is 16.3 Å². The zero-order valence-electron chi connectivity index (χ0n) is 15.5. The lowest BCUT2D eigenvalue weighted by Gasteiger charge is -2.06. The summed E-state index contributed by atoms with van der Waals surface area (Å²) in [5, 5.41) is 12.9. The number of nitrogens with one attached hydrogen (secondary N) is 1. The van der Waals surface area contributed by atoms with Gasteiger partial charge in [-0.15, -0.1) is 0 Å². The number of nitrogens with zero attached hydrogens (tertiary/aromatic N) is 2. The van der Waals surface area contributed by atoms with Crippen molar-refractivity contribution in [2.45, 2.75) is 6.54 Å². The summed E-state index contributed by atoms with van der Waals surface area (Å²) in [4.78, 5) is 36.5. The maximum atomic E-state index is 12.9. The summed E-state index contributed by atoms with van der Waals surface area (Å²) in [7, 11) is 0. The number of hydrogen-bond donors (Lipinski definition) is 1. The molecule has 0 radical (unpaired) electrons. The number of ketones is 1. The fraction of sp³-hybridized carbons (Fsp3) is 0.0909. The molecule has 0 fully saturated rings. The van der Waals surface area contributed by atoms with Crippen molar-refractivity contribution in [2.24, 2.45) is 0 Å². The van der Waals surface area contributed by atoms with Crippen LogP contribution in [-0.2, 0) is 20.9 Å². The largest absolute Gasteiger partial charge is 0.456 e. The van der Waals surface area contributed by atoms with Crippen LogP contribution >= 0.6 is 11.6 Å². The normalized spacial score (nSPS) is 12.9. The Morgan fingerprint density at radius 2 is 1.97 bits per heavy atom. The first-order valence-electron chi connectivity index (χ1n) is 8.95. The molecule has 0 spiro atoms. The highest BCUT2D eigenvalue weighted by molar-refractivity contribution is 6.45. The molecule has 0 saturated heterocycles. The van der Waals surface area contributed by atoms with Gasteiger partial charge < -0.3 is 14.6 Å². The molecule has 1 N–H and O–H groups in total. The number of aromatic nitrogens is 1. The molecule has 1 aromatic heterocycles. The molecule has 2 aromatic carbocycles. The molecule has 0 unspecified atom stereocenters. The summed E-state index contributed by atoms with van der Waals surface area (Å²) in [5.41, 5.74) is 2.20. The van der Waals surface area contributed by atoms with E-state index in [1.54, 1.807) is 41.1 Å². The molecular weight excluding hydrogens is 406 g/mol. The van der Waals surface area contributed by atoms with Crippen LogP contribution < -0.4 is 5.32 Å². The van der Waals surface area contributed by atoms with Crippen LogP contribution in [0.4, 0.5) is 0 Å². The molecule has 4 rings (SSSR count). The van der Waals surface area contributed by atoms with Gasteiger partial charge in [0, 0.05) is 29.2 Å². The van der Waals surface area contributed by atoms with Gasteiger partial charge in [0.15, 0.2) is 0 Å². The Hall–Kier alpha value is -3.89. The van der Waals surface area contributed by atoms with E-state index in [2.05, 4.69) is 11.4 Å². The summed E-state index contributed by atoms with van der Waals surface area (Å²) < 4.78 is 6.53. The lowest BCUT2D eigenvalue weighted by Crippen LogP contribution is -2.31. The Kier molecular flexibility index (Phi) is 5.09. The molecular formula is C22H14ClN3O4. The van der Waals surface area contributed by atoms with Gasteiger partial charge in [0.2, 0.25) is 0 Å². The zero-order valence-corrected chi connectivity index (χ0v) is 16.3. The highest BCUT2D eigenvalue weighted by atomic mass is 35.5. The first kappa shape index (κ1) is 19.4. The molecule has 2 heterocycles. The maximum Gasteiger partial charge on any atom is 0.333 e. The minimum absolute atomic E-state index is 0.0976. The van der Waals surface area contributed by atoms with Crippen molar-refractivity contribution in [2.75, 3.05) is 6.61 Å². The van der Waals surface area contributed by atoms with Gasteiger partial charge >= 0.3 is 5.97 Å². The summed E-state index contributed by atoms with van der Waals surface area (Å²) in [6.45, 7) is 0.324. The van der Waals surface area contributed by atoms with Crippen molar-refractivity contribution in [3.05, 3.63) is 82.1 Å². The zero-order chi connectivity index (χ0) is 21.3. The molecule has 148 valence electrons.